The number of ketones is 1. The van der Waals surface area contributed by atoms with E-state index in [-0.39, 0.29) is 11.3 Å². The number of hydrogen-bond donors (Lipinski definition) is 1. The van der Waals surface area contributed by atoms with Crippen LogP contribution in [0.5, 0.6) is 5.75 Å². The Kier molecular flexibility index (Phi) is 6.48. The number of aromatic hydroxyl groups is 1. The number of phenols is 1. The first-order valence-electron chi connectivity index (χ1n) is 9.70. The van der Waals surface area contributed by atoms with Gasteiger partial charge in [0.1, 0.15) is 11.5 Å². The van der Waals surface area contributed by atoms with E-state index in [1.807, 2.05) is 6.07 Å². The summed E-state index contributed by atoms with van der Waals surface area (Å²) in [6.45, 7) is 8.96. The lowest BCUT2D eigenvalue weighted by molar-refractivity contribution is -0.121. The SMILES string of the molecule is CCCCCCC(C)(C)c1ccc([C@H]2CC(=O)CC[C@@H]2C)c(O)c1. The fraction of sp³-hybridized carbons (Fsp3) is 0.682. The van der Waals surface area contributed by atoms with Crippen molar-refractivity contribution >= 4 is 5.78 Å². The lowest BCUT2D eigenvalue weighted by Gasteiger charge is -2.30. The van der Waals surface area contributed by atoms with E-state index >= 15 is 0 Å². The Balaban J connectivity index is 2.12. The van der Waals surface area contributed by atoms with E-state index in [0.717, 1.165) is 18.4 Å². The predicted molar refractivity (Wildman–Crippen MR) is 101 cm³/mol. The second kappa shape index (κ2) is 8.18. The maximum atomic E-state index is 11.8. The number of carbonyl (C=O) groups excluding carboxylic acids is 1. The van der Waals surface area contributed by atoms with E-state index in [1.54, 1.807) is 0 Å². The molecule has 1 N–H and O–H groups in total. The molecule has 1 saturated carbocycles. The third kappa shape index (κ3) is 4.62. The summed E-state index contributed by atoms with van der Waals surface area (Å²) in [5, 5.41) is 10.6. The normalized spacial score (nSPS) is 21.9. The van der Waals surface area contributed by atoms with Gasteiger partial charge in [-0.3, -0.25) is 4.79 Å². The monoisotopic (exact) mass is 330 g/mol. The molecule has 1 aliphatic rings. The van der Waals surface area contributed by atoms with Gasteiger partial charge in [-0.1, -0.05) is 65.5 Å². The van der Waals surface area contributed by atoms with Gasteiger partial charge in [-0.15, -0.1) is 0 Å². The van der Waals surface area contributed by atoms with Gasteiger partial charge in [-0.25, -0.2) is 0 Å². The molecule has 0 saturated heterocycles. The van der Waals surface area contributed by atoms with Crippen LogP contribution < -0.4 is 0 Å². The van der Waals surface area contributed by atoms with Gasteiger partial charge >= 0.3 is 0 Å². The highest BCUT2D eigenvalue weighted by Crippen LogP contribution is 2.41. The van der Waals surface area contributed by atoms with Crippen LogP contribution >= 0.6 is 0 Å². The van der Waals surface area contributed by atoms with Gasteiger partial charge in [0.25, 0.3) is 0 Å². The molecule has 1 aromatic carbocycles. The Labute approximate surface area is 147 Å². The van der Waals surface area contributed by atoms with E-state index in [4.69, 9.17) is 0 Å². The van der Waals surface area contributed by atoms with Crippen LogP contribution in [0.15, 0.2) is 18.2 Å². The molecule has 134 valence electrons. The standard InChI is InChI=1S/C22H34O2/c1-5-6-7-8-13-22(3,4)17-10-12-19(21(24)14-17)20-15-18(23)11-9-16(20)2/h10,12,14,16,20,24H,5-9,11,13,15H2,1-4H3/t16-,20-/m0/s1. The highest BCUT2D eigenvalue weighted by atomic mass is 16.3. The van der Waals surface area contributed by atoms with Crippen LogP contribution in [0.2, 0.25) is 0 Å². The zero-order valence-corrected chi connectivity index (χ0v) is 15.9. The molecule has 24 heavy (non-hydrogen) atoms. The average Bonchev–Trinajstić information content (AvgIpc) is 2.54. The minimum Gasteiger partial charge on any atom is -0.508 e. The molecule has 2 rings (SSSR count). The van der Waals surface area contributed by atoms with Crippen molar-refractivity contribution in [1.29, 1.82) is 0 Å². The molecule has 1 aliphatic carbocycles. The molecule has 0 radical (unpaired) electrons. The van der Waals surface area contributed by atoms with Crippen LogP contribution in [0.1, 0.15) is 96.1 Å². The highest BCUT2D eigenvalue weighted by Gasteiger charge is 2.30. The number of Topliss-reactive ketones (excluding diaryl/α,β-unsaturated/α-hetero) is 1. The Morgan fingerprint density at radius 2 is 1.96 bits per heavy atom. The molecule has 0 aromatic heterocycles. The Bertz CT molecular complexity index is 559. The van der Waals surface area contributed by atoms with Crippen LogP contribution in [0.25, 0.3) is 0 Å². The van der Waals surface area contributed by atoms with Gasteiger partial charge in [-0.05, 0) is 47.3 Å². The number of rotatable bonds is 7. The number of carbonyl (C=O) groups is 1. The number of benzene rings is 1. The average molecular weight is 331 g/mol. The first kappa shape index (κ1) is 19.0. The number of hydrogen-bond acceptors (Lipinski definition) is 2. The molecule has 1 fully saturated rings. The fourth-order valence-electron chi connectivity index (χ4n) is 3.97. The molecule has 2 atom stereocenters. The van der Waals surface area contributed by atoms with Crippen molar-refractivity contribution in [1.82, 2.24) is 0 Å². The van der Waals surface area contributed by atoms with Gasteiger partial charge in [-0.2, -0.15) is 0 Å². The molecular weight excluding hydrogens is 296 g/mol. The summed E-state index contributed by atoms with van der Waals surface area (Å²) in [5.41, 5.74) is 2.24. The Hall–Kier alpha value is -1.31. The van der Waals surface area contributed by atoms with Crippen LogP contribution in [-0.2, 0) is 10.2 Å². The molecular formula is C22H34O2. The van der Waals surface area contributed by atoms with E-state index in [0.29, 0.717) is 30.3 Å². The quantitative estimate of drug-likeness (QED) is 0.612. The van der Waals surface area contributed by atoms with Gasteiger partial charge < -0.3 is 5.11 Å². The first-order valence-corrected chi connectivity index (χ1v) is 9.70. The molecule has 2 nitrogen and oxygen atoms in total. The smallest absolute Gasteiger partial charge is 0.133 e. The minimum absolute atomic E-state index is 0.0811. The van der Waals surface area contributed by atoms with E-state index in [2.05, 4.69) is 39.8 Å². The highest BCUT2D eigenvalue weighted by molar-refractivity contribution is 5.80. The summed E-state index contributed by atoms with van der Waals surface area (Å²) >= 11 is 0. The molecule has 2 heteroatoms. The van der Waals surface area contributed by atoms with Crippen molar-refractivity contribution in [3.05, 3.63) is 29.3 Å². The van der Waals surface area contributed by atoms with Crippen LogP contribution in [0.3, 0.4) is 0 Å². The Morgan fingerprint density at radius 1 is 1.21 bits per heavy atom. The molecule has 0 spiro atoms. The molecule has 0 aliphatic heterocycles. The fourth-order valence-corrected chi connectivity index (χ4v) is 3.97. The van der Waals surface area contributed by atoms with Crippen molar-refractivity contribution in [2.75, 3.05) is 0 Å². The predicted octanol–water partition coefficient (Wildman–Crippen LogP) is 6.11. The van der Waals surface area contributed by atoms with Crippen LogP contribution in [0, 0.1) is 5.92 Å². The molecule has 0 unspecified atom stereocenters. The lowest BCUT2D eigenvalue weighted by atomic mass is 9.74. The van der Waals surface area contributed by atoms with E-state index in [1.165, 1.54) is 31.2 Å². The second-order valence-corrected chi connectivity index (χ2v) is 8.33. The van der Waals surface area contributed by atoms with Crippen LogP contribution in [-0.4, -0.2) is 10.9 Å². The van der Waals surface area contributed by atoms with E-state index < -0.39 is 0 Å². The first-order chi connectivity index (χ1) is 11.3. The van der Waals surface area contributed by atoms with Crippen molar-refractivity contribution in [3.8, 4) is 5.75 Å². The molecule has 0 amide bonds. The lowest BCUT2D eigenvalue weighted by Crippen LogP contribution is -2.22. The number of unbranched alkanes of at least 4 members (excludes halogenated alkanes) is 3. The number of phenolic OH excluding ortho intramolecular Hbond substituents is 1. The topological polar surface area (TPSA) is 37.3 Å². The largest absolute Gasteiger partial charge is 0.508 e. The van der Waals surface area contributed by atoms with Crippen molar-refractivity contribution < 1.29 is 9.90 Å². The maximum Gasteiger partial charge on any atom is 0.133 e. The van der Waals surface area contributed by atoms with Gasteiger partial charge in [0, 0.05) is 12.8 Å². The summed E-state index contributed by atoms with van der Waals surface area (Å²) in [4.78, 5) is 11.8. The van der Waals surface area contributed by atoms with Crippen molar-refractivity contribution in [2.45, 2.75) is 90.4 Å². The molecule has 0 bridgehead atoms. The second-order valence-electron chi connectivity index (χ2n) is 8.33. The third-order valence-electron chi connectivity index (χ3n) is 5.88. The molecule has 1 aromatic rings. The summed E-state index contributed by atoms with van der Waals surface area (Å²) in [6, 6.07) is 6.18. The Morgan fingerprint density at radius 3 is 2.62 bits per heavy atom. The minimum atomic E-state index is 0.0811. The van der Waals surface area contributed by atoms with Gasteiger partial charge in [0.05, 0.1) is 0 Å². The summed E-state index contributed by atoms with van der Waals surface area (Å²) in [6.07, 6.45) is 8.43. The van der Waals surface area contributed by atoms with Crippen molar-refractivity contribution in [2.24, 2.45) is 5.92 Å². The van der Waals surface area contributed by atoms with E-state index in [9.17, 15) is 9.90 Å². The summed E-state index contributed by atoms with van der Waals surface area (Å²) in [5.74, 6) is 1.34. The van der Waals surface area contributed by atoms with Crippen molar-refractivity contribution in [3.63, 3.8) is 0 Å². The van der Waals surface area contributed by atoms with Crippen LogP contribution in [0.4, 0.5) is 0 Å². The van der Waals surface area contributed by atoms with Gasteiger partial charge in [0.15, 0.2) is 0 Å². The summed E-state index contributed by atoms with van der Waals surface area (Å²) < 4.78 is 0. The van der Waals surface area contributed by atoms with Gasteiger partial charge in [0.2, 0.25) is 0 Å². The maximum absolute atomic E-state index is 11.8. The third-order valence-corrected chi connectivity index (χ3v) is 5.88. The zero-order valence-electron chi connectivity index (χ0n) is 15.9. The molecule has 0 heterocycles. The zero-order chi connectivity index (χ0) is 17.7. The summed E-state index contributed by atoms with van der Waals surface area (Å²) in [7, 11) is 0.